The van der Waals surface area contributed by atoms with E-state index in [0.717, 1.165) is 28.2 Å². The van der Waals surface area contributed by atoms with Gasteiger partial charge in [0, 0.05) is 5.56 Å². The molecule has 0 N–H and O–H groups in total. The molecular formula is C27H24N4O2S. The highest BCUT2D eigenvalue weighted by atomic mass is 32.2. The third-order valence-electron chi connectivity index (χ3n) is 5.70. The molecule has 5 rings (SSSR count). The largest absolute Gasteiger partial charge is 0.464 e. The number of para-hydroxylation sites is 1. The van der Waals surface area contributed by atoms with Crippen LogP contribution in [-0.4, -0.2) is 28.8 Å². The number of aryl methyl sites for hydroxylation is 2. The van der Waals surface area contributed by atoms with Gasteiger partial charge in [-0.1, -0.05) is 65.7 Å². The van der Waals surface area contributed by atoms with Crippen molar-refractivity contribution in [1.29, 1.82) is 0 Å². The molecule has 0 saturated carbocycles. The predicted octanol–water partition coefficient (Wildman–Crippen LogP) is 5.48. The van der Waals surface area contributed by atoms with E-state index in [1.165, 1.54) is 24.4 Å². The van der Waals surface area contributed by atoms with E-state index in [4.69, 9.17) is 14.9 Å². The molecule has 6 nitrogen and oxygen atoms in total. The molecule has 3 aromatic rings. The fourth-order valence-corrected chi connectivity index (χ4v) is 5.04. The SMILES string of the molecule is COC(=O)C1=NN(c2ccc(C)cc2)[C@]2(C=CC(c3ccc(C)cc3)=NN2c2ccccc2)S1. The van der Waals surface area contributed by atoms with E-state index >= 15 is 0 Å². The molecule has 0 bridgehead atoms. The summed E-state index contributed by atoms with van der Waals surface area (Å²) < 4.78 is 5.02. The molecule has 2 heterocycles. The zero-order valence-electron chi connectivity index (χ0n) is 19.2. The first-order valence-corrected chi connectivity index (χ1v) is 11.7. The van der Waals surface area contributed by atoms with Crippen LogP contribution in [0.25, 0.3) is 0 Å². The number of ether oxygens (including phenoxy) is 1. The molecule has 0 fully saturated rings. The van der Waals surface area contributed by atoms with Crippen LogP contribution in [0.1, 0.15) is 16.7 Å². The Kier molecular flexibility index (Phi) is 5.71. The zero-order chi connectivity index (χ0) is 23.7. The van der Waals surface area contributed by atoms with Crippen molar-refractivity contribution in [3.05, 3.63) is 108 Å². The number of allylic oxidation sites excluding steroid dienone is 1. The summed E-state index contributed by atoms with van der Waals surface area (Å²) in [6.07, 6.45) is 4.04. The predicted molar refractivity (Wildman–Crippen MR) is 139 cm³/mol. The highest BCUT2D eigenvalue weighted by Crippen LogP contribution is 2.48. The van der Waals surface area contributed by atoms with Gasteiger partial charge in [-0.2, -0.15) is 10.2 Å². The van der Waals surface area contributed by atoms with E-state index in [0.29, 0.717) is 0 Å². The molecule has 0 unspecified atom stereocenters. The molecule has 2 aliphatic rings. The topological polar surface area (TPSA) is 57.5 Å². The molecule has 0 amide bonds. The molecule has 34 heavy (non-hydrogen) atoms. The number of carbonyl (C=O) groups is 1. The Labute approximate surface area is 203 Å². The Morgan fingerprint density at radius 1 is 0.824 bits per heavy atom. The number of esters is 1. The molecule has 0 saturated heterocycles. The number of anilines is 2. The van der Waals surface area contributed by atoms with E-state index in [2.05, 4.69) is 31.2 Å². The highest BCUT2D eigenvalue weighted by Gasteiger charge is 2.51. The van der Waals surface area contributed by atoms with E-state index in [-0.39, 0.29) is 5.04 Å². The molecule has 3 aromatic carbocycles. The lowest BCUT2D eigenvalue weighted by molar-refractivity contribution is -0.132. The molecule has 7 heteroatoms. The number of hydrazone groups is 2. The van der Waals surface area contributed by atoms with Crippen molar-refractivity contribution in [3.63, 3.8) is 0 Å². The number of thioether (sulfide) groups is 1. The van der Waals surface area contributed by atoms with Crippen molar-refractivity contribution in [2.75, 3.05) is 17.1 Å². The maximum atomic E-state index is 12.6. The summed E-state index contributed by atoms with van der Waals surface area (Å²) in [5.41, 5.74) is 5.88. The van der Waals surface area contributed by atoms with Crippen molar-refractivity contribution in [2.45, 2.75) is 18.8 Å². The van der Waals surface area contributed by atoms with Gasteiger partial charge >= 0.3 is 5.97 Å². The third kappa shape index (κ3) is 3.88. The fraction of sp³-hybridized carbons (Fsp3) is 0.148. The normalized spacial score (nSPS) is 19.3. The van der Waals surface area contributed by atoms with Crippen LogP contribution in [0.15, 0.2) is 101 Å². The third-order valence-corrected chi connectivity index (χ3v) is 6.92. The molecule has 2 aliphatic heterocycles. The van der Waals surface area contributed by atoms with Crippen molar-refractivity contribution < 1.29 is 9.53 Å². The summed E-state index contributed by atoms with van der Waals surface area (Å²) in [5, 5.41) is 13.8. The number of benzene rings is 3. The number of hydrogen-bond acceptors (Lipinski definition) is 7. The van der Waals surface area contributed by atoms with E-state index in [1.807, 2.05) is 83.7 Å². The molecule has 1 atom stereocenters. The lowest BCUT2D eigenvalue weighted by Crippen LogP contribution is -2.53. The maximum Gasteiger partial charge on any atom is 0.365 e. The second-order valence-corrected chi connectivity index (χ2v) is 9.33. The van der Waals surface area contributed by atoms with Crippen molar-refractivity contribution in [1.82, 2.24) is 0 Å². The highest BCUT2D eigenvalue weighted by molar-refractivity contribution is 8.17. The number of carbonyl (C=O) groups excluding carboxylic acids is 1. The Morgan fingerprint density at radius 3 is 2.06 bits per heavy atom. The van der Waals surface area contributed by atoms with Gasteiger partial charge in [0.05, 0.1) is 24.2 Å². The lowest BCUT2D eigenvalue weighted by Gasteiger charge is -2.43. The Hall–Kier alpha value is -3.84. The monoisotopic (exact) mass is 468 g/mol. The van der Waals surface area contributed by atoms with Gasteiger partial charge in [0.2, 0.25) is 10.0 Å². The summed E-state index contributed by atoms with van der Waals surface area (Å²) in [5.74, 6) is -0.478. The zero-order valence-corrected chi connectivity index (χ0v) is 20.0. The molecule has 0 aliphatic carbocycles. The summed E-state index contributed by atoms with van der Waals surface area (Å²) in [4.78, 5) is 11.6. The van der Waals surface area contributed by atoms with Gasteiger partial charge in [-0.25, -0.2) is 14.8 Å². The summed E-state index contributed by atoms with van der Waals surface area (Å²) in [6.45, 7) is 4.10. The minimum atomic E-state index is -0.922. The molecule has 0 radical (unpaired) electrons. The second-order valence-electron chi connectivity index (χ2n) is 8.14. The van der Waals surface area contributed by atoms with Crippen LogP contribution in [-0.2, 0) is 9.53 Å². The minimum absolute atomic E-state index is 0.266. The van der Waals surface area contributed by atoms with Crippen LogP contribution in [0, 0.1) is 13.8 Å². The van der Waals surface area contributed by atoms with Crippen LogP contribution in [0.2, 0.25) is 0 Å². The number of nitrogens with zero attached hydrogens (tertiary/aromatic N) is 4. The molecule has 1 spiro atoms. The van der Waals surface area contributed by atoms with Crippen molar-refractivity contribution >= 4 is 39.9 Å². The van der Waals surface area contributed by atoms with Gasteiger partial charge in [-0.15, -0.1) is 0 Å². The Balaban J connectivity index is 1.66. The number of methoxy groups -OCH3 is 1. The van der Waals surface area contributed by atoms with Gasteiger partial charge in [-0.3, -0.25) is 0 Å². The van der Waals surface area contributed by atoms with Gasteiger partial charge < -0.3 is 4.74 Å². The fourth-order valence-electron chi connectivity index (χ4n) is 3.87. The summed E-state index contributed by atoms with van der Waals surface area (Å²) >= 11 is 1.31. The number of rotatable bonds is 4. The average molecular weight is 469 g/mol. The molecular weight excluding hydrogens is 444 g/mol. The smallest absolute Gasteiger partial charge is 0.365 e. The molecule has 0 aromatic heterocycles. The average Bonchev–Trinajstić information content (AvgIpc) is 3.25. The van der Waals surface area contributed by atoms with Gasteiger partial charge in [0.25, 0.3) is 0 Å². The number of hydrogen-bond donors (Lipinski definition) is 0. The van der Waals surface area contributed by atoms with Crippen LogP contribution >= 0.6 is 11.8 Å². The summed E-state index contributed by atoms with van der Waals surface area (Å²) in [7, 11) is 1.37. The van der Waals surface area contributed by atoms with Gasteiger partial charge in [0.1, 0.15) is 0 Å². The Bertz CT molecular complexity index is 1300. The van der Waals surface area contributed by atoms with E-state index < -0.39 is 11.0 Å². The van der Waals surface area contributed by atoms with E-state index in [9.17, 15) is 4.79 Å². The Morgan fingerprint density at radius 2 is 1.41 bits per heavy atom. The van der Waals surface area contributed by atoms with Gasteiger partial charge in [-0.05, 0) is 62.0 Å². The quantitative estimate of drug-likeness (QED) is 0.475. The maximum absolute atomic E-state index is 12.6. The standard InChI is InChI=1S/C27H24N4O2S/c1-19-9-13-21(14-10-19)24-17-18-27(30(28-24)22-7-5-4-6-8-22)31(23-15-11-20(2)12-16-23)29-25(34-27)26(32)33-3/h4-18H,1-3H3/t27-/m1/s1. The summed E-state index contributed by atoms with van der Waals surface area (Å²) in [6, 6.07) is 26.2. The van der Waals surface area contributed by atoms with Crippen molar-refractivity contribution in [2.24, 2.45) is 10.2 Å². The first kappa shape index (κ1) is 22.0. The van der Waals surface area contributed by atoms with Crippen LogP contribution in [0.5, 0.6) is 0 Å². The van der Waals surface area contributed by atoms with Crippen LogP contribution < -0.4 is 10.0 Å². The second kappa shape index (κ2) is 8.83. The minimum Gasteiger partial charge on any atom is -0.464 e. The van der Waals surface area contributed by atoms with E-state index in [1.54, 1.807) is 0 Å². The molecule has 170 valence electrons. The lowest BCUT2D eigenvalue weighted by atomic mass is 10.1. The van der Waals surface area contributed by atoms with Crippen molar-refractivity contribution in [3.8, 4) is 0 Å². The first-order valence-electron chi connectivity index (χ1n) is 10.9. The van der Waals surface area contributed by atoms with Crippen LogP contribution in [0.4, 0.5) is 11.4 Å². The van der Waals surface area contributed by atoms with Gasteiger partial charge in [0.15, 0.2) is 0 Å². The van der Waals surface area contributed by atoms with Crippen LogP contribution in [0.3, 0.4) is 0 Å². The first-order chi connectivity index (χ1) is 16.5.